The fourth-order valence-corrected chi connectivity index (χ4v) is 2.21. The van der Waals surface area contributed by atoms with Crippen LogP contribution in [-0.2, 0) is 6.54 Å². The number of ether oxygens (including phenoxy) is 1. The molecule has 1 saturated heterocycles. The molecular formula is C13H20N2O2. The molecule has 0 saturated carbocycles. The van der Waals surface area contributed by atoms with Crippen LogP contribution in [0.3, 0.4) is 0 Å². The van der Waals surface area contributed by atoms with Crippen LogP contribution in [0, 0.1) is 0 Å². The summed E-state index contributed by atoms with van der Waals surface area (Å²) in [5.74, 6) is 0.823. The molecule has 1 unspecified atom stereocenters. The fourth-order valence-electron chi connectivity index (χ4n) is 2.21. The number of hydrogen-bond donors (Lipinski definition) is 2. The van der Waals surface area contributed by atoms with E-state index < -0.39 is 0 Å². The number of benzene rings is 1. The highest BCUT2D eigenvalue weighted by atomic mass is 16.5. The van der Waals surface area contributed by atoms with Crippen molar-refractivity contribution in [2.24, 2.45) is 5.73 Å². The van der Waals surface area contributed by atoms with E-state index in [9.17, 15) is 5.11 Å². The van der Waals surface area contributed by atoms with Gasteiger partial charge < -0.3 is 15.6 Å². The van der Waals surface area contributed by atoms with Crippen molar-refractivity contribution in [2.45, 2.75) is 25.9 Å². The fraction of sp³-hybridized carbons (Fsp3) is 0.538. The lowest BCUT2D eigenvalue weighted by Gasteiger charge is -2.17. The van der Waals surface area contributed by atoms with Gasteiger partial charge in [-0.3, -0.25) is 4.90 Å². The van der Waals surface area contributed by atoms with Crippen LogP contribution in [0.4, 0.5) is 0 Å². The van der Waals surface area contributed by atoms with E-state index in [1.165, 1.54) is 0 Å². The minimum absolute atomic E-state index is 0.259. The SMILES string of the molecule is CCOc1cccc(CN2CCC(N)C2)c1O. The minimum Gasteiger partial charge on any atom is -0.504 e. The molecule has 0 aromatic heterocycles. The first-order valence-electron chi connectivity index (χ1n) is 6.12. The van der Waals surface area contributed by atoms with Gasteiger partial charge in [0.25, 0.3) is 0 Å². The Labute approximate surface area is 102 Å². The summed E-state index contributed by atoms with van der Waals surface area (Å²) in [5, 5.41) is 10.1. The quantitative estimate of drug-likeness (QED) is 0.828. The van der Waals surface area contributed by atoms with Gasteiger partial charge in [-0.1, -0.05) is 12.1 Å². The number of phenols is 1. The van der Waals surface area contributed by atoms with Gasteiger partial charge >= 0.3 is 0 Å². The minimum atomic E-state index is 0.259. The van der Waals surface area contributed by atoms with Crippen LogP contribution < -0.4 is 10.5 Å². The Morgan fingerprint density at radius 3 is 3.00 bits per heavy atom. The van der Waals surface area contributed by atoms with E-state index >= 15 is 0 Å². The summed E-state index contributed by atoms with van der Waals surface area (Å²) in [6.45, 7) is 5.11. The molecule has 0 bridgehead atoms. The Morgan fingerprint density at radius 1 is 1.53 bits per heavy atom. The molecule has 0 amide bonds. The Morgan fingerprint density at radius 2 is 2.35 bits per heavy atom. The van der Waals surface area contributed by atoms with E-state index in [4.69, 9.17) is 10.5 Å². The lowest BCUT2D eigenvalue weighted by molar-refractivity contribution is 0.301. The largest absolute Gasteiger partial charge is 0.504 e. The number of hydrogen-bond acceptors (Lipinski definition) is 4. The molecule has 3 N–H and O–H groups in total. The summed E-state index contributed by atoms with van der Waals surface area (Å²) in [5.41, 5.74) is 6.77. The standard InChI is InChI=1S/C13H20N2O2/c1-2-17-12-5-3-4-10(13(12)16)8-15-7-6-11(14)9-15/h3-5,11,16H,2,6-9,14H2,1H3. The zero-order valence-corrected chi connectivity index (χ0v) is 10.2. The number of aromatic hydroxyl groups is 1. The van der Waals surface area contributed by atoms with Crippen LogP contribution in [0.2, 0.25) is 0 Å². The lowest BCUT2D eigenvalue weighted by atomic mass is 10.1. The maximum Gasteiger partial charge on any atom is 0.162 e. The van der Waals surface area contributed by atoms with Crippen molar-refractivity contribution in [3.63, 3.8) is 0 Å². The van der Waals surface area contributed by atoms with Gasteiger partial charge in [0.15, 0.2) is 11.5 Å². The number of phenolic OH excluding ortho intramolecular Hbond substituents is 1. The van der Waals surface area contributed by atoms with E-state index in [2.05, 4.69) is 4.90 Å². The third-order valence-corrected chi connectivity index (χ3v) is 3.09. The summed E-state index contributed by atoms with van der Waals surface area (Å²) < 4.78 is 5.37. The number of para-hydroxylation sites is 1. The highest BCUT2D eigenvalue weighted by molar-refractivity contribution is 5.45. The summed E-state index contributed by atoms with van der Waals surface area (Å²) in [6.07, 6.45) is 1.03. The molecule has 1 aromatic rings. The maximum atomic E-state index is 10.1. The number of nitrogens with two attached hydrogens (primary N) is 1. The zero-order valence-electron chi connectivity index (χ0n) is 10.2. The van der Waals surface area contributed by atoms with Crippen molar-refractivity contribution in [3.8, 4) is 11.5 Å². The normalized spacial score (nSPS) is 20.7. The first-order chi connectivity index (χ1) is 8.20. The first-order valence-corrected chi connectivity index (χ1v) is 6.12. The molecule has 0 spiro atoms. The Bertz CT molecular complexity index is 382. The number of rotatable bonds is 4. The van der Waals surface area contributed by atoms with E-state index in [-0.39, 0.29) is 11.8 Å². The van der Waals surface area contributed by atoms with Crippen molar-refractivity contribution in [1.82, 2.24) is 4.90 Å². The average Bonchev–Trinajstić information content (AvgIpc) is 2.70. The Balaban J connectivity index is 2.07. The zero-order chi connectivity index (χ0) is 12.3. The molecule has 1 aromatic carbocycles. The summed E-state index contributed by atoms with van der Waals surface area (Å²) in [7, 11) is 0. The molecule has 4 heteroatoms. The van der Waals surface area contributed by atoms with Gasteiger partial charge in [-0.2, -0.15) is 0 Å². The predicted octanol–water partition coefficient (Wildman–Crippen LogP) is 1.32. The van der Waals surface area contributed by atoms with Crippen molar-refractivity contribution in [3.05, 3.63) is 23.8 Å². The number of nitrogens with zero attached hydrogens (tertiary/aromatic N) is 1. The average molecular weight is 236 g/mol. The van der Waals surface area contributed by atoms with Crippen LogP contribution in [0.25, 0.3) is 0 Å². The molecule has 1 atom stereocenters. The molecule has 1 aliphatic heterocycles. The van der Waals surface area contributed by atoms with Crippen molar-refractivity contribution in [2.75, 3.05) is 19.7 Å². The van der Waals surface area contributed by atoms with Crippen molar-refractivity contribution >= 4 is 0 Å². The van der Waals surface area contributed by atoms with E-state index in [0.717, 1.165) is 31.6 Å². The summed E-state index contributed by atoms with van der Waals surface area (Å²) >= 11 is 0. The van der Waals surface area contributed by atoms with Gasteiger partial charge in [0, 0.05) is 31.2 Å². The van der Waals surface area contributed by atoms with Crippen molar-refractivity contribution < 1.29 is 9.84 Å². The van der Waals surface area contributed by atoms with E-state index in [1.807, 2.05) is 19.1 Å². The van der Waals surface area contributed by atoms with Crippen LogP contribution in [-0.4, -0.2) is 35.7 Å². The van der Waals surface area contributed by atoms with Gasteiger partial charge in [-0.15, -0.1) is 0 Å². The topological polar surface area (TPSA) is 58.7 Å². The van der Waals surface area contributed by atoms with Crippen LogP contribution in [0.15, 0.2) is 18.2 Å². The monoisotopic (exact) mass is 236 g/mol. The molecule has 0 aliphatic carbocycles. The molecule has 1 heterocycles. The number of likely N-dealkylation sites (tertiary alicyclic amines) is 1. The molecule has 17 heavy (non-hydrogen) atoms. The third-order valence-electron chi connectivity index (χ3n) is 3.09. The summed E-state index contributed by atoms with van der Waals surface area (Å²) in [4.78, 5) is 2.26. The van der Waals surface area contributed by atoms with Gasteiger partial charge in [0.1, 0.15) is 0 Å². The summed E-state index contributed by atoms with van der Waals surface area (Å²) in [6, 6.07) is 5.91. The highest BCUT2D eigenvalue weighted by Crippen LogP contribution is 2.31. The lowest BCUT2D eigenvalue weighted by Crippen LogP contribution is -2.26. The first kappa shape index (κ1) is 12.2. The second-order valence-electron chi connectivity index (χ2n) is 4.48. The second kappa shape index (κ2) is 5.38. The van der Waals surface area contributed by atoms with Gasteiger partial charge in [-0.05, 0) is 19.4 Å². The molecule has 4 nitrogen and oxygen atoms in total. The van der Waals surface area contributed by atoms with E-state index in [1.54, 1.807) is 6.07 Å². The van der Waals surface area contributed by atoms with Gasteiger partial charge in [0.2, 0.25) is 0 Å². The molecule has 1 fully saturated rings. The second-order valence-corrected chi connectivity index (χ2v) is 4.48. The van der Waals surface area contributed by atoms with Crippen LogP contribution >= 0.6 is 0 Å². The smallest absolute Gasteiger partial charge is 0.162 e. The van der Waals surface area contributed by atoms with Gasteiger partial charge in [0.05, 0.1) is 6.61 Å². The predicted molar refractivity (Wildman–Crippen MR) is 67.1 cm³/mol. The van der Waals surface area contributed by atoms with Crippen LogP contribution in [0.5, 0.6) is 11.5 Å². The molecule has 94 valence electrons. The highest BCUT2D eigenvalue weighted by Gasteiger charge is 2.20. The third kappa shape index (κ3) is 2.90. The van der Waals surface area contributed by atoms with Gasteiger partial charge in [-0.25, -0.2) is 0 Å². The Kier molecular flexibility index (Phi) is 3.86. The Hall–Kier alpha value is -1.26. The molecule has 2 rings (SSSR count). The van der Waals surface area contributed by atoms with Crippen LogP contribution in [0.1, 0.15) is 18.9 Å². The molecule has 0 radical (unpaired) electrons. The molecule has 1 aliphatic rings. The maximum absolute atomic E-state index is 10.1. The van der Waals surface area contributed by atoms with Crippen molar-refractivity contribution in [1.29, 1.82) is 0 Å². The van der Waals surface area contributed by atoms with E-state index in [0.29, 0.717) is 12.4 Å². The molecular weight excluding hydrogens is 216 g/mol.